The Hall–Kier alpha value is -1.07. The summed E-state index contributed by atoms with van der Waals surface area (Å²) in [4.78, 5) is 0. The van der Waals surface area contributed by atoms with Crippen LogP contribution < -0.4 is 0 Å². The summed E-state index contributed by atoms with van der Waals surface area (Å²) in [6.07, 6.45) is 0. The van der Waals surface area contributed by atoms with Crippen molar-refractivity contribution in [2.24, 2.45) is 7.05 Å². The van der Waals surface area contributed by atoms with Crippen LogP contribution in [0.2, 0.25) is 0 Å². The van der Waals surface area contributed by atoms with Crippen molar-refractivity contribution < 1.29 is 8.42 Å². The molecule has 0 unspecified atom stereocenters. The zero-order chi connectivity index (χ0) is 10.3. The van der Waals surface area contributed by atoms with Crippen molar-refractivity contribution in [3.63, 3.8) is 0 Å². The summed E-state index contributed by atoms with van der Waals surface area (Å²) in [6.45, 7) is 0. The van der Waals surface area contributed by atoms with E-state index >= 15 is 0 Å². The molecule has 14 heavy (non-hydrogen) atoms. The number of fused-ring (bicyclic) bond motifs is 1. The first-order valence-electron chi connectivity index (χ1n) is 3.86. The third kappa shape index (κ3) is 1.38. The van der Waals surface area contributed by atoms with E-state index in [0.29, 0.717) is 10.9 Å². The second-order valence-corrected chi connectivity index (χ2v) is 5.36. The minimum atomic E-state index is -3.74. The molecule has 0 saturated heterocycles. The molecule has 0 aliphatic rings. The van der Waals surface area contributed by atoms with Gasteiger partial charge in [0.05, 0.1) is 5.52 Å². The van der Waals surface area contributed by atoms with Crippen molar-refractivity contribution >= 4 is 30.6 Å². The number of hydrogen-bond donors (Lipinski definition) is 0. The van der Waals surface area contributed by atoms with E-state index in [1.54, 1.807) is 31.3 Å². The van der Waals surface area contributed by atoms with Crippen LogP contribution in [-0.2, 0) is 16.1 Å². The topological polar surface area (TPSA) is 52.0 Å². The van der Waals surface area contributed by atoms with Gasteiger partial charge < -0.3 is 0 Å². The number of halogens is 1. The summed E-state index contributed by atoms with van der Waals surface area (Å²) >= 11 is 0. The molecule has 0 aliphatic carbocycles. The van der Waals surface area contributed by atoms with E-state index < -0.39 is 9.05 Å². The lowest BCUT2D eigenvalue weighted by molar-refractivity contribution is 0.593. The Morgan fingerprint density at radius 3 is 2.64 bits per heavy atom. The highest BCUT2D eigenvalue weighted by atomic mass is 35.7. The lowest BCUT2D eigenvalue weighted by Gasteiger charge is -1.95. The highest BCUT2D eigenvalue weighted by molar-refractivity contribution is 8.13. The molecule has 0 bridgehead atoms. The van der Waals surface area contributed by atoms with E-state index in [4.69, 9.17) is 10.7 Å². The van der Waals surface area contributed by atoms with E-state index in [1.165, 1.54) is 4.68 Å². The van der Waals surface area contributed by atoms with Crippen molar-refractivity contribution in [2.75, 3.05) is 0 Å². The summed E-state index contributed by atoms with van der Waals surface area (Å²) in [6, 6.07) is 6.95. The van der Waals surface area contributed by atoms with Gasteiger partial charge in [-0.3, -0.25) is 4.68 Å². The van der Waals surface area contributed by atoms with Crippen molar-refractivity contribution in [2.45, 2.75) is 5.03 Å². The predicted molar refractivity (Wildman–Crippen MR) is 53.8 cm³/mol. The number of nitrogens with zero attached hydrogens (tertiary/aromatic N) is 2. The van der Waals surface area contributed by atoms with Crippen molar-refractivity contribution in [3.8, 4) is 0 Å². The van der Waals surface area contributed by atoms with E-state index in [9.17, 15) is 8.42 Å². The van der Waals surface area contributed by atoms with Gasteiger partial charge in [-0.2, -0.15) is 5.10 Å². The molecule has 1 heterocycles. The molecule has 1 aromatic heterocycles. The number of aryl methyl sites for hydroxylation is 1. The highest BCUT2D eigenvalue weighted by Gasteiger charge is 2.19. The van der Waals surface area contributed by atoms with Crippen LogP contribution in [0.1, 0.15) is 0 Å². The van der Waals surface area contributed by atoms with Gasteiger partial charge >= 0.3 is 0 Å². The zero-order valence-electron chi connectivity index (χ0n) is 7.31. The number of rotatable bonds is 1. The van der Waals surface area contributed by atoms with E-state index in [0.717, 1.165) is 0 Å². The first-order chi connectivity index (χ1) is 6.50. The quantitative estimate of drug-likeness (QED) is 0.698. The van der Waals surface area contributed by atoms with Gasteiger partial charge in [-0.25, -0.2) is 8.42 Å². The maximum absolute atomic E-state index is 11.2. The van der Waals surface area contributed by atoms with Crippen LogP contribution in [0, 0.1) is 0 Å². The van der Waals surface area contributed by atoms with Gasteiger partial charge in [0.1, 0.15) is 0 Å². The largest absolute Gasteiger partial charge is 0.278 e. The number of aromatic nitrogens is 2. The van der Waals surface area contributed by atoms with Crippen LogP contribution in [0.3, 0.4) is 0 Å². The van der Waals surface area contributed by atoms with Gasteiger partial charge in [-0.05, 0) is 12.1 Å². The molecule has 0 N–H and O–H groups in total. The summed E-state index contributed by atoms with van der Waals surface area (Å²) in [7, 11) is 3.10. The summed E-state index contributed by atoms with van der Waals surface area (Å²) in [5.41, 5.74) is 0.620. The molecule has 0 amide bonds. The minimum Gasteiger partial charge on any atom is -0.255 e. The second-order valence-electron chi connectivity index (χ2n) is 2.88. The van der Waals surface area contributed by atoms with E-state index in [1.807, 2.05) is 0 Å². The minimum absolute atomic E-state index is 0.0368. The van der Waals surface area contributed by atoms with Gasteiger partial charge in [0, 0.05) is 23.1 Å². The highest BCUT2D eigenvalue weighted by Crippen LogP contribution is 2.24. The molecule has 0 radical (unpaired) electrons. The van der Waals surface area contributed by atoms with Gasteiger partial charge in [-0.1, -0.05) is 12.1 Å². The lowest BCUT2D eigenvalue weighted by atomic mass is 10.3. The Balaban J connectivity index is 2.95. The average Bonchev–Trinajstić information content (AvgIpc) is 2.38. The fourth-order valence-electron chi connectivity index (χ4n) is 1.41. The van der Waals surface area contributed by atoms with Crippen LogP contribution >= 0.6 is 10.7 Å². The standard InChI is InChI=1S/C8H7ClN2O2S/c1-11-8(14(9,12)13)6-4-2-3-5-7(6)10-11/h2-5H,1H3. The van der Waals surface area contributed by atoms with Gasteiger partial charge in [0.25, 0.3) is 9.05 Å². The van der Waals surface area contributed by atoms with Gasteiger partial charge in [0.2, 0.25) is 0 Å². The molecule has 1 aromatic carbocycles. The van der Waals surface area contributed by atoms with Crippen LogP contribution in [0.25, 0.3) is 10.9 Å². The van der Waals surface area contributed by atoms with E-state index in [2.05, 4.69) is 5.10 Å². The third-order valence-electron chi connectivity index (χ3n) is 1.92. The first kappa shape index (κ1) is 9.48. The fourth-order valence-corrected chi connectivity index (χ4v) is 2.75. The maximum atomic E-state index is 11.2. The van der Waals surface area contributed by atoms with Crippen LogP contribution in [0.5, 0.6) is 0 Å². The monoisotopic (exact) mass is 230 g/mol. The Morgan fingerprint density at radius 2 is 2.00 bits per heavy atom. The normalized spacial score (nSPS) is 12.1. The Morgan fingerprint density at radius 1 is 1.36 bits per heavy atom. The summed E-state index contributed by atoms with van der Waals surface area (Å²) in [5, 5.41) is 4.62. The molecule has 4 nitrogen and oxygen atoms in total. The Labute approximate surface area is 85.5 Å². The van der Waals surface area contributed by atoms with Crippen LogP contribution in [0.4, 0.5) is 0 Å². The molecular weight excluding hydrogens is 224 g/mol. The average molecular weight is 231 g/mol. The Bertz CT molecular complexity index is 588. The molecule has 6 heteroatoms. The molecule has 2 rings (SSSR count). The van der Waals surface area contributed by atoms with Crippen LogP contribution in [-0.4, -0.2) is 18.2 Å². The number of benzene rings is 1. The smallest absolute Gasteiger partial charge is 0.255 e. The van der Waals surface area contributed by atoms with Gasteiger partial charge in [-0.15, -0.1) is 0 Å². The van der Waals surface area contributed by atoms with Crippen molar-refractivity contribution in [3.05, 3.63) is 24.3 Å². The molecule has 0 fully saturated rings. The predicted octanol–water partition coefficient (Wildman–Crippen LogP) is 1.50. The summed E-state index contributed by atoms with van der Waals surface area (Å²) in [5.74, 6) is 0. The first-order valence-corrected chi connectivity index (χ1v) is 6.17. The molecule has 0 aliphatic heterocycles. The molecule has 0 atom stereocenters. The molecular formula is C8H7ClN2O2S. The van der Waals surface area contributed by atoms with Crippen molar-refractivity contribution in [1.82, 2.24) is 9.78 Å². The molecule has 2 aromatic rings. The summed E-state index contributed by atoms with van der Waals surface area (Å²) < 4.78 is 23.7. The van der Waals surface area contributed by atoms with Crippen LogP contribution in [0.15, 0.2) is 29.3 Å². The van der Waals surface area contributed by atoms with Gasteiger partial charge in [0.15, 0.2) is 5.03 Å². The molecule has 0 saturated carbocycles. The lowest BCUT2D eigenvalue weighted by Crippen LogP contribution is -2.01. The number of hydrogen-bond acceptors (Lipinski definition) is 3. The molecule has 74 valence electrons. The zero-order valence-corrected chi connectivity index (χ0v) is 8.88. The third-order valence-corrected chi connectivity index (χ3v) is 3.30. The second kappa shape index (κ2) is 2.96. The van der Waals surface area contributed by atoms with Crippen molar-refractivity contribution in [1.29, 1.82) is 0 Å². The molecule has 0 spiro atoms. The van der Waals surface area contributed by atoms with E-state index in [-0.39, 0.29) is 5.03 Å². The fraction of sp³-hybridized carbons (Fsp3) is 0.125. The Kier molecular flexibility index (Phi) is 2.01. The maximum Gasteiger partial charge on any atom is 0.278 e. The SMILES string of the molecule is Cn1nc2ccccc2c1S(=O)(=O)Cl.